The van der Waals surface area contributed by atoms with Gasteiger partial charge in [0.25, 0.3) is 0 Å². The molecule has 2 aromatic rings. The van der Waals surface area contributed by atoms with E-state index in [1.54, 1.807) is 0 Å². The second-order valence-corrected chi connectivity index (χ2v) is 3.40. The molecule has 0 atom stereocenters. The quantitative estimate of drug-likeness (QED) is 0.685. The molecule has 6 heteroatoms. The molecule has 0 saturated heterocycles. The number of aromatic nitrogens is 4. The zero-order valence-electron chi connectivity index (χ0n) is 8.62. The molecule has 0 unspecified atom stereocenters. The smallest absolute Gasteiger partial charge is 0.182 e. The minimum absolute atomic E-state index is 0.351. The van der Waals surface area contributed by atoms with Crippen LogP contribution in [0.4, 0.5) is 0 Å². The zero-order valence-corrected chi connectivity index (χ0v) is 8.62. The first-order chi connectivity index (χ1) is 7.66. The summed E-state index contributed by atoms with van der Waals surface area (Å²) in [6, 6.07) is 7.50. The van der Waals surface area contributed by atoms with E-state index in [2.05, 4.69) is 15.5 Å². The SMILES string of the molecule is Cc1ccc(-c2nnnn2CC(=O)[O-])cc1. The molecule has 0 fully saturated rings. The molecular weight excluding hydrogens is 208 g/mol. The van der Waals surface area contributed by atoms with E-state index in [4.69, 9.17) is 0 Å². The van der Waals surface area contributed by atoms with Gasteiger partial charge in [-0.25, -0.2) is 4.68 Å². The molecule has 0 amide bonds. The summed E-state index contributed by atoms with van der Waals surface area (Å²) in [5.41, 5.74) is 1.89. The third-order valence-electron chi connectivity index (χ3n) is 2.12. The van der Waals surface area contributed by atoms with E-state index in [0.717, 1.165) is 11.1 Å². The van der Waals surface area contributed by atoms with Gasteiger partial charge in [-0.05, 0) is 17.4 Å². The monoisotopic (exact) mass is 217 g/mol. The van der Waals surface area contributed by atoms with Crippen molar-refractivity contribution in [1.82, 2.24) is 20.2 Å². The lowest BCUT2D eigenvalue weighted by Gasteiger charge is -2.05. The Labute approximate surface area is 91.5 Å². The lowest BCUT2D eigenvalue weighted by Crippen LogP contribution is -2.28. The fourth-order valence-electron chi connectivity index (χ4n) is 1.34. The maximum absolute atomic E-state index is 10.5. The number of aliphatic carboxylic acids is 1. The predicted molar refractivity (Wildman–Crippen MR) is 53.0 cm³/mol. The number of benzene rings is 1. The normalized spacial score (nSPS) is 10.3. The summed E-state index contributed by atoms with van der Waals surface area (Å²) in [6.45, 7) is 1.62. The molecule has 1 aromatic carbocycles. The first-order valence-corrected chi connectivity index (χ1v) is 4.70. The van der Waals surface area contributed by atoms with Crippen molar-refractivity contribution < 1.29 is 9.90 Å². The van der Waals surface area contributed by atoms with Crippen molar-refractivity contribution >= 4 is 5.97 Å². The zero-order chi connectivity index (χ0) is 11.5. The maximum atomic E-state index is 10.5. The van der Waals surface area contributed by atoms with Gasteiger partial charge in [-0.2, -0.15) is 0 Å². The van der Waals surface area contributed by atoms with E-state index in [1.807, 2.05) is 31.2 Å². The van der Waals surface area contributed by atoms with Crippen molar-refractivity contribution in [1.29, 1.82) is 0 Å². The number of carbonyl (C=O) groups is 1. The number of hydrogen-bond donors (Lipinski definition) is 0. The van der Waals surface area contributed by atoms with Crippen LogP contribution in [0.25, 0.3) is 11.4 Å². The van der Waals surface area contributed by atoms with Crippen LogP contribution in [-0.2, 0) is 11.3 Å². The van der Waals surface area contributed by atoms with Crippen LogP contribution in [0.5, 0.6) is 0 Å². The summed E-state index contributed by atoms with van der Waals surface area (Å²) in [5, 5.41) is 21.3. The average molecular weight is 217 g/mol. The number of carboxylic acids is 1. The number of hydrogen-bond acceptors (Lipinski definition) is 5. The van der Waals surface area contributed by atoms with Crippen LogP contribution in [0, 0.1) is 6.92 Å². The topological polar surface area (TPSA) is 83.7 Å². The summed E-state index contributed by atoms with van der Waals surface area (Å²) in [5.74, 6) is -0.801. The molecule has 0 N–H and O–H groups in total. The molecule has 6 nitrogen and oxygen atoms in total. The summed E-state index contributed by atoms with van der Waals surface area (Å²) in [6.07, 6.45) is 0. The number of carbonyl (C=O) groups excluding carboxylic acids is 1. The Bertz CT molecular complexity index is 504. The summed E-state index contributed by atoms with van der Waals surface area (Å²) < 4.78 is 1.19. The van der Waals surface area contributed by atoms with E-state index >= 15 is 0 Å². The molecule has 16 heavy (non-hydrogen) atoms. The molecule has 1 heterocycles. The van der Waals surface area contributed by atoms with Gasteiger partial charge in [0.2, 0.25) is 0 Å². The van der Waals surface area contributed by atoms with Crippen LogP contribution in [0.15, 0.2) is 24.3 Å². The number of carboxylic acid groups (broad SMARTS) is 1. The highest BCUT2D eigenvalue weighted by molar-refractivity contribution is 5.65. The molecule has 2 rings (SSSR count). The van der Waals surface area contributed by atoms with Gasteiger partial charge in [0.05, 0.1) is 12.5 Å². The number of nitrogens with zero attached hydrogens (tertiary/aromatic N) is 4. The Morgan fingerprint density at radius 2 is 2.06 bits per heavy atom. The molecule has 82 valence electrons. The van der Waals surface area contributed by atoms with Crippen LogP contribution in [0.3, 0.4) is 0 Å². The molecular formula is C10H9N4O2-. The fourth-order valence-corrected chi connectivity index (χ4v) is 1.34. The average Bonchev–Trinajstić information content (AvgIpc) is 2.66. The van der Waals surface area contributed by atoms with Crippen LogP contribution in [-0.4, -0.2) is 26.2 Å². The number of aryl methyl sites for hydroxylation is 1. The molecule has 0 saturated carbocycles. The first kappa shape index (κ1) is 10.3. The molecule has 0 spiro atoms. The Kier molecular flexibility index (Phi) is 2.63. The Balaban J connectivity index is 2.36. The van der Waals surface area contributed by atoms with E-state index < -0.39 is 5.97 Å². The standard InChI is InChI=1S/C10H10N4O2/c1-7-2-4-8(5-3-7)10-11-12-13-14(10)6-9(15)16/h2-5H,6H2,1H3,(H,15,16)/p-1. The van der Waals surface area contributed by atoms with Gasteiger partial charge in [0, 0.05) is 5.56 Å². The van der Waals surface area contributed by atoms with E-state index in [0.29, 0.717) is 5.82 Å². The highest BCUT2D eigenvalue weighted by Crippen LogP contribution is 2.15. The third-order valence-corrected chi connectivity index (χ3v) is 2.12. The molecule has 0 aliphatic rings. The highest BCUT2D eigenvalue weighted by Gasteiger charge is 2.08. The molecule has 0 aliphatic carbocycles. The van der Waals surface area contributed by atoms with Crippen molar-refractivity contribution in [2.24, 2.45) is 0 Å². The van der Waals surface area contributed by atoms with Gasteiger partial charge in [-0.15, -0.1) is 5.10 Å². The van der Waals surface area contributed by atoms with Crippen molar-refractivity contribution in [2.45, 2.75) is 13.5 Å². The van der Waals surface area contributed by atoms with Gasteiger partial charge in [-0.3, -0.25) is 0 Å². The second kappa shape index (κ2) is 4.09. The first-order valence-electron chi connectivity index (χ1n) is 4.70. The summed E-state index contributed by atoms with van der Waals surface area (Å²) in [7, 11) is 0. The minimum atomic E-state index is -1.22. The van der Waals surface area contributed by atoms with Gasteiger partial charge in [0.1, 0.15) is 0 Å². The molecule has 0 bridgehead atoms. The maximum Gasteiger partial charge on any atom is 0.182 e. The van der Waals surface area contributed by atoms with E-state index in [1.165, 1.54) is 4.68 Å². The van der Waals surface area contributed by atoms with Crippen molar-refractivity contribution in [3.8, 4) is 11.4 Å². The lowest BCUT2D eigenvalue weighted by molar-refractivity contribution is -0.306. The van der Waals surface area contributed by atoms with Crippen LogP contribution in [0.1, 0.15) is 5.56 Å². The summed E-state index contributed by atoms with van der Waals surface area (Å²) >= 11 is 0. The van der Waals surface area contributed by atoms with E-state index in [-0.39, 0.29) is 6.54 Å². The minimum Gasteiger partial charge on any atom is -0.548 e. The van der Waals surface area contributed by atoms with Crippen molar-refractivity contribution in [2.75, 3.05) is 0 Å². The fraction of sp³-hybridized carbons (Fsp3) is 0.200. The Morgan fingerprint density at radius 3 is 2.69 bits per heavy atom. The largest absolute Gasteiger partial charge is 0.548 e. The number of rotatable bonds is 3. The van der Waals surface area contributed by atoms with Gasteiger partial charge in [-0.1, -0.05) is 29.8 Å². The van der Waals surface area contributed by atoms with E-state index in [9.17, 15) is 9.90 Å². The lowest BCUT2D eigenvalue weighted by atomic mass is 10.1. The molecule has 0 aliphatic heterocycles. The third kappa shape index (κ3) is 2.05. The van der Waals surface area contributed by atoms with Gasteiger partial charge < -0.3 is 9.90 Å². The van der Waals surface area contributed by atoms with Crippen LogP contribution in [0.2, 0.25) is 0 Å². The highest BCUT2D eigenvalue weighted by atomic mass is 16.4. The van der Waals surface area contributed by atoms with Crippen LogP contribution >= 0.6 is 0 Å². The Morgan fingerprint density at radius 1 is 1.38 bits per heavy atom. The van der Waals surface area contributed by atoms with Gasteiger partial charge >= 0.3 is 0 Å². The summed E-state index contributed by atoms with van der Waals surface area (Å²) in [4.78, 5) is 10.5. The van der Waals surface area contributed by atoms with Crippen LogP contribution < -0.4 is 5.11 Å². The Hall–Kier alpha value is -2.24. The molecule has 1 aromatic heterocycles. The predicted octanol–water partition coefficient (Wildman–Crippen LogP) is -0.602. The van der Waals surface area contributed by atoms with Crippen molar-refractivity contribution in [3.63, 3.8) is 0 Å². The van der Waals surface area contributed by atoms with Crippen molar-refractivity contribution in [3.05, 3.63) is 29.8 Å². The second-order valence-electron chi connectivity index (χ2n) is 3.40. The number of tetrazole rings is 1. The molecule has 0 radical (unpaired) electrons. The van der Waals surface area contributed by atoms with Gasteiger partial charge in [0.15, 0.2) is 5.82 Å².